The van der Waals surface area contributed by atoms with E-state index in [1.54, 1.807) is 10.9 Å². The molecule has 0 spiro atoms. The molecule has 0 aromatic heterocycles. The molecule has 60 valence electrons. The highest BCUT2D eigenvalue weighted by Gasteiger charge is 1.73. The Morgan fingerprint density at radius 1 is 0.900 bits per heavy atom. The molecule has 0 saturated heterocycles. The van der Waals surface area contributed by atoms with Crippen molar-refractivity contribution >= 4 is 12.1 Å². The van der Waals surface area contributed by atoms with E-state index in [2.05, 4.69) is 23.2 Å². The van der Waals surface area contributed by atoms with Crippen LogP contribution in [0.5, 0.6) is 0 Å². The minimum Gasteiger partial charge on any atom is -0.351 e. The lowest BCUT2D eigenvalue weighted by Gasteiger charge is -1.81. The van der Waals surface area contributed by atoms with Crippen molar-refractivity contribution < 1.29 is 9.59 Å². The van der Waals surface area contributed by atoms with Gasteiger partial charge in [0.1, 0.15) is 0 Å². The van der Waals surface area contributed by atoms with Crippen LogP contribution in [-0.2, 0) is 0 Å². The van der Waals surface area contributed by atoms with E-state index in [9.17, 15) is 9.59 Å². The van der Waals surface area contributed by atoms with Gasteiger partial charge in [-0.15, -0.1) is 0 Å². The first kappa shape index (κ1) is 11.3. The van der Waals surface area contributed by atoms with E-state index in [0.29, 0.717) is 0 Å². The summed E-state index contributed by atoms with van der Waals surface area (Å²) in [6.07, 6.45) is 0. The third-order valence-electron chi connectivity index (χ3n) is 0.285. The van der Waals surface area contributed by atoms with E-state index < -0.39 is 12.1 Å². The van der Waals surface area contributed by atoms with Crippen LogP contribution >= 0.6 is 0 Å². The summed E-state index contributed by atoms with van der Waals surface area (Å²) in [6.45, 7) is 0. The zero-order valence-corrected chi connectivity index (χ0v) is 5.13. The van der Waals surface area contributed by atoms with Gasteiger partial charge in [0, 0.05) is 0 Å². The number of hydrazine groups is 2. The first-order chi connectivity index (χ1) is 4.54. The van der Waals surface area contributed by atoms with Crippen LogP contribution in [-0.4, -0.2) is 12.1 Å². The second-order valence-corrected chi connectivity index (χ2v) is 1.02. The number of urea groups is 2. The van der Waals surface area contributed by atoms with Gasteiger partial charge in [0.25, 0.3) is 0 Å². The van der Waals surface area contributed by atoms with Crippen molar-refractivity contribution in [3.8, 4) is 0 Å². The maximum absolute atomic E-state index is 9.35. The lowest BCUT2D eigenvalue weighted by atomic mass is 11.2. The molecule has 0 unspecified atom stereocenters. The van der Waals surface area contributed by atoms with Gasteiger partial charge in [-0.1, -0.05) is 0 Å². The summed E-state index contributed by atoms with van der Waals surface area (Å²) < 4.78 is 0. The molecule has 10 heavy (non-hydrogen) atoms. The van der Waals surface area contributed by atoms with E-state index in [1.165, 1.54) is 0 Å². The predicted molar refractivity (Wildman–Crippen MR) is 33.8 cm³/mol. The van der Waals surface area contributed by atoms with Gasteiger partial charge in [0.05, 0.1) is 0 Å². The third-order valence-corrected chi connectivity index (χ3v) is 0.285. The SMILES string of the molecule is NNC(N)=O.NNC(N)=O. The number of amides is 4. The second kappa shape index (κ2) is 7.46. The lowest BCUT2D eigenvalue weighted by molar-refractivity contribution is 0.248. The molecular formula is C2H10N6O2. The Hall–Kier alpha value is -1.54. The summed E-state index contributed by atoms with van der Waals surface area (Å²) >= 11 is 0. The summed E-state index contributed by atoms with van der Waals surface area (Å²) in [5, 5.41) is 0. The standard InChI is InChI=1S/2CH5N3O/c2*2-1(5)4-3/h2*3H2,(H3,2,4,5). The van der Waals surface area contributed by atoms with Crippen LogP contribution in [0.1, 0.15) is 0 Å². The number of carbonyl (C=O) groups excluding carboxylic acids is 2. The Labute approximate surface area is 56.8 Å². The fourth-order valence-corrected chi connectivity index (χ4v) is 0. The fourth-order valence-electron chi connectivity index (χ4n) is 0. The van der Waals surface area contributed by atoms with Crippen molar-refractivity contribution in [1.82, 2.24) is 10.9 Å². The van der Waals surface area contributed by atoms with Crippen LogP contribution in [0, 0.1) is 0 Å². The lowest BCUT2D eigenvalue weighted by Crippen LogP contribution is -2.34. The summed E-state index contributed by atoms with van der Waals surface area (Å²) in [4.78, 5) is 18.7. The molecule has 0 aromatic carbocycles. The van der Waals surface area contributed by atoms with Gasteiger partial charge in [0.15, 0.2) is 0 Å². The van der Waals surface area contributed by atoms with Gasteiger partial charge in [-0.05, 0) is 0 Å². The average Bonchev–Trinajstić information content (AvgIpc) is 1.89. The Balaban J connectivity index is 0. The second-order valence-electron chi connectivity index (χ2n) is 1.02. The molecule has 0 rings (SSSR count). The van der Waals surface area contributed by atoms with Crippen molar-refractivity contribution in [2.45, 2.75) is 0 Å². The molecule has 10 N–H and O–H groups in total. The molecule has 0 atom stereocenters. The fraction of sp³-hybridized carbons (Fsp3) is 0. The van der Waals surface area contributed by atoms with Crippen LogP contribution in [0.4, 0.5) is 9.59 Å². The molecule has 0 bridgehead atoms. The van der Waals surface area contributed by atoms with Crippen molar-refractivity contribution in [3.05, 3.63) is 0 Å². The summed E-state index contributed by atoms with van der Waals surface area (Å²) in [6, 6.07) is -1.44. The smallest absolute Gasteiger partial charge is 0.326 e. The normalized spacial score (nSPS) is 6.60. The minimum absolute atomic E-state index is 0.718. The van der Waals surface area contributed by atoms with Crippen LogP contribution in [0.3, 0.4) is 0 Å². The van der Waals surface area contributed by atoms with Crippen molar-refractivity contribution in [2.24, 2.45) is 23.2 Å². The van der Waals surface area contributed by atoms with E-state index in [0.717, 1.165) is 0 Å². The Bertz CT molecular complexity index is 98.3. The number of hydrogen-bond acceptors (Lipinski definition) is 4. The molecule has 0 fully saturated rings. The minimum atomic E-state index is -0.718. The molecule has 0 aliphatic rings. The predicted octanol–water partition coefficient (Wildman–Crippen LogP) is -2.94. The number of nitrogens with one attached hydrogen (secondary N) is 2. The van der Waals surface area contributed by atoms with Crippen molar-refractivity contribution in [1.29, 1.82) is 0 Å². The molecule has 0 radical (unpaired) electrons. The third kappa shape index (κ3) is 31.8. The highest BCUT2D eigenvalue weighted by atomic mass is 16.2. The largest absolute Gasteiger partial charge is 0.351 e. The summed E-state index contributed by atoms with van der Waals surface area (Å²) in [5.41, 5.74) is 12.2. The average molecular weight is 150 g/mol. The summed E-state index contributed by atoms with van der Waals surface area (Å²) in [5.74, 6) is 8.89. The van der Waals surface area contributed by atoms with Gasteiger partial charge >= 0.3 is 12.1 Å². The number of rotatable bonds is 0. The van der Waals surface area contributed by atoms with Crippen LogP contribution < -0.4 is 34.0 Å². The van der Waals surface area contributed by atoms with Gasteiger partial charge in [-0.3, -0.25) is 10.9 Å². The molecule has 0 aliphatic carbocycles. The van der Waals surface area contributed by atoms with E-state index in [-0.39, 0.29) is 0 Å². The molecule has 8 heteroatoms. The van der Waals surface area contributed by atoms with E-state index in [1.807, 2.05) is 0 Å². The van der Waals surface area contributed by atoms with E-state index in [4.69, 9.17) is 0 Å². The van der Waals surface area contributed by atoms with Gasteiger partial charge < -0.3 is 11.5 Å². The van der Waals surface area contributed by atoms with Gasteiger partial charge in [-0.25, -0.2) is 21.3 Å². The van der Waals surface area contributed by atoms with Crippen molar-refractivity contribution in [2.75, 3.05) is 0 Å². The summed E-state index contributed by atoms with van der Waals surface area (Å²) in [7, 11) is 0. The van der Waals surface area contributed by atoms with Crippen LogP contribution in [0.25, 0.3) is 0 Å². The molecule has 8 nitrogen and oxygen atoms in total. The van der Waals surface area contributed by atoms with Gasteiger partial charge in [-0.2, -0.15) is 0 Å². The zero-order chi connectivity index (χ0) is 8.57. The molecular weight excluding hydrogens is 140 g/mol. The maximum Gasteiger partial charge on any atom is 0.326 e. The Morgan fingerprint density at radius 3 is 1.00 bits per heavy atom. The Kier molecular flexibility index (Phi) is 8.42. The van der Waals surface area contributed by atoms with Gasteiger partial charge in [0.2, 0.25) is 0 Å². The van der Waals surface area contributed by atoms with Crippen molar-refractivity contribution in [3.63, 3.8) is 0 Å². The number of carbonyl (C=O) groups is 2. The van der Waals surface area contributed by atoms with Crippen LogP contribution in [0.2, 0.25) is 0 Å². The first-order valence-corrected chi connectivity index (χ1v) is 2.06. The molecule has 0 aliphatic heterocycles. The first-order valence-electron chi connectivity index (χ1n) is 2.06. The van der Waals surface area contributed by atoms with Crippen LogP contribution in [0.15, 0.2) is 0 Å². The molecule has 0 saturated carbocycles. The monoisotopic (exact) mass is 150 g/mol. The number of nitrogens with two attached hydrogens (primary N) is 4. The topological polar surface area (TPSA) is 162 Å². The number of primary amides is 2. The molecule has 4 amide bonds. The highest BCUT2D eigenvalue weighted by Crippen LogP contribution is 1.35. The Morgan fingerprint density at radius 2 is 1.00 bits per heavy atom. The zero-order valence-electron chi connectivity index (χ0n) is 5.13. The molecule has 0 aromatic rings. The maximum atomic E-state index is 9.35. The molecule has 0 heterocycles. The quantitative estimate of drug-likeness (QED) is 0.124. The highest BCUT2D eigenvalue weighted by molar-refractivity contribution is 5.70. The number of hydrogen-bond donors (Lipinski definition) is 6. The van der Waals surface area contributed by atoms with E-state index >= 15 is 0 Å².